The summed E-state index contributed by atoms with van der Waals surface area (Å²) in [6.45, 7) is -0.291. The summed E-state index contributed by atoms with van der Waals surface area (Å²) >= 11 is 0. The van der Waals surface area contributed by atoms with Gasteiger partial charge >= 0.3 is 37.7 Å². The van der Waals surface area contributed by atoms with Crippen LogP contribution in [0.25, 0.3) is 0 Å². The summed E-state index contributed by atoms with van der Waals surface area (Å²) in [5.74, 6) is -6.58. The first kappa shape index (κ1) is 36.0. The topological polar surface area (TPSA) is 278 Å². The number of nitrogens with two attached hydrogens (primary N) is 2. The van der Waals surface area contributed by atoms with Crippen LogP contribution in [-0.4, -0.2) is 95.4 Å². The Morgan fingerprint density at radius 1 is 0.769 bits per heavy atom. The number of rotatable bonds is 21. The monoisotopic (exact) mass is 586 g/mol. The van der Waals surface area contributed by atoms with E-state index in [4.69, 9.17) is 40.2 Å². The zero-order valence-corrected chi connectivity index (χ0v) is 22.4. The van der Waals surface area contributed by atoms with Gasteiger partial charge in [-0.15, -0.1) is 0 Å². The molecule has 7 N–H and O–H groups in total. The van der Waals surface area contributed by atoms with Crippen LogP contribution in [0.3, 0.4) is 0 Å². The molecule has 0 aromatic rings. The maximum Gasteiger partial charge on any atom is 0.472 e. The minimum atomic E-state index is -4.85. The highest BCUT2D eigenvalue weighted by atomic mass is 31.2. The van der Waals surface area contributed by atoms with Crippen molar-refractivity contribution >= 4 is 43.5 Å². The number of ether oxygens (including phenoxy) is 3. The lowest BCUT2D eigenvalue weighted by Crippen LogP contribution is -2.36. The molecule has 0 aliphatic carbocycles. The number of Topliss-reactive ketones (excluding diaryl/α,β-unsaturated/α-hetero) is 1. The molecular weight excluding hydrogens is 551 g/mol. The van der Waals surface area contributed by atoms with Gasteiger partial charge in [0.1, 0.15) is 18.4 Å². The van der Waals surface area contributed by atoms with Crippen LogP contribution >= 0.6 is 7.82 Å². The fourth-order valence-corrected chi connectivity index (χ4v) is 3.55. The summed E-state index contributed by atoms with van der Waals surface area (Å²) in [5, 5.41) is 17.4. The van der Waals surface area contributed by atoms with Crippen molar-refractivity contribution in [2.75, 3.05) is 26.4 Å². The normalized spacial score (nSPS) is 15.6. The molecule has 0 fully saturated rings. The lowest BCUT2D eigenvalue weighted by molar-refractivity contribution is -0.158. The molecule has 2 unspecified atom stereocenters. The quantitative estimate of drug-likeness (QED) is 0.0620. The van der Waals surface area contributed by atoms with Crippen molar-refractivity contribution in [3.63, 3.8) is 0 Å². The van der Waals surface area contributed by atoms with Crippen molar-refractivity contribution in [1.29, 1.82) is 0 Å². The van der Waals surface area contributed by atoms with E-state index in [9.17, 15) is 38.2 Å². The number of phosphoric ester groups is 1. The summed E-state index contributed by atoms with van der Waals surface area (Å²) < 4.78 is 36.5. The van der Waals surface area contributed by atoms with E-state index in [0.717, 1.165) is 13.8 Å². The molecule has 0 saturated heterocycles. The number of carboxylic acids is 2. The highest BCUT2D eigenvalue weighted by Gasteiger charge is 2.29. The molecule has 0 aliphatic heterocycles. The van der Waals surface area contributed by atoms with Crippen LogP contribution in [0.2, 0.25) is 0 Å². The van der Waals surface area contributed by atoms with Crippen LogP contribution in [0.1, 0.15) is 46.0 Å². The Labute approximate surface area is 223 Å². The molecule has 0 spiro atoms. The van der Waals surface area contributed by atoms with E-state index in [1.54, 1.807) is 0 Å². The summed E-state index contributed by atoms with van der Waals surface area (Å²) in [5.41, 5.74) is 11.3. The first-order chi connectivity index (χ1) is 18.0. The average molecular weight is 586 g/mol. The molecule has 0 aromatic carbocycles. The van der Waals surface area contributed by atoms with E-state index in [2.05, 4.69) is 4.74 Å². The zero-order valence-electron chi connectivity index (χ0n) is 21.5. The maximum atomic E-state index is 12.4. The van der Waals surface area contributed by atoms with Gasteiger partial charge in [-0.05, 0) is 12.8 Å². The molecule has 224 valence electrons. The second-order valence-electron chi connectivity index (χ2n) is 8.34. The van der Waals surface area contributed by atoms with Gasteiger partial charge in [0.05, 0.1) is 25.9 Å². The van der Waals surface area contributed by atoms with Crippen molar-refractivity contribution < 1.29 is 71.7 Å². The Hall–Kier alpha value is -2.95. The summed E-state index contributed by atoms with van der Waals surface area (Å²) in [6.07, 6.45) is -2.92. The number of esters is 3. The number of carbonyl (C=O) groups is 6. The van der Waals surface area contributed by atoms with Crippen molar-refractivity contribution in [2.45, 2.75) is 64.1 Å². The van der Waals surface area contributed by atoms with E-state index < -0.39 is 113 Å². The van der Waals surface area contributed by atoms with Gasteiger partial charge in [0.2, 0.25) is 0 Å². The molecule has 17 nitrogen and oxygen atoms in total. The summed E-state index contributed by atoms with van der Waals surface area (Å²) in [6, 6.07) is -2.49. The maximum absolute atomic E-state index is 12.4. The highest BCUT2D eigenvalue weighted by molar-refractivity contribution is 7.47. The second kappa shape index (κ2) is 18.4. The number of carbonyl (C=O) groups excluding carboxylic acids is 4. The molecule has 0 amide bonds. The van der Waals surface area contributed by atoms with Crippen molar-refractivity contribution in [3.05, 3.63) is 0 Å². The van der Waals surface area contributed by atoms with E-state index in [0.29, 0.717) is 0 Å². The molecule has 0 radical (unpaired) electrons. The van der Waals surface area contributed by atoms with Crippen LogP contribution < -0.4 is 11.5 Å². The molecular formula is C21H35N2O15P. The molecule has 0 aromatic heterocycles. The van der Waals surface area contributed by atoms with Crippen LogP contribution in [0, 0.1) is 5.92 Å². The van der Waals surface area contributed by atoms with Gasteiger partial charge in [0.15, 0.2) is 6.10 Å². The predicted molar refractivity (Wildman–Crippen MR) is 128 cm³/mol. The third-order valence-corrected chi connectivity index (χ3v) is 5.66. The third kappa shape index (κ3) is 18.9. The van der Waals surface area contributed by atoms with Crippen molar-refractivity contribution in [1.82, 2.24) is 0 Å². The average Bonchev–Trinajstić information content (AvgIpc) is 2.83. The largest absolute Gasteiger partial charge is 0.481 e. The minimum Gasteiger partial charge on any atom is -0.481 e. The lowest BCUT2D eigenvalue weighted by atomic mass is 9.97. The number of hydrogen-bond acceptors (Lipinski definition) is 14. The first-order valence-corrected chi connectivity index (χ1v) is 13.1. The van der Waals surface area contributed by atoms with Gasteiger partial charge in [-0.2, -0.15) is 0 Å². The van der Waals surface area contributed by atoms with Crippen molar-refractivity contribution in [2.24, 2.45) is 17.4 Å². The Balaban J connectivity index is 5.24. The molecule has 39 heavy (non-hydrogen) atoms. The standard InChI is InChI=1S/C21H35N2O15P/c1-12(24)34-10-15(38-13(2)25)11-37-39(32,33)36-9-14(7-18(26)16(22)3-5-19(27)28)8-35-21(31)17(23)4-6-20(29)30/h14-17H,3-11,22-23H2,1-2H3,(H,27,28)(H,29,30)(H,32,33)/t14?,15-,16+,17+/m1/s1. The van der Waals surface area contributed by atoms with Gasteiger partial charge in [-0.1, -0.05) is 0 Å². The Kier molecular flexibility index (Phi) is 17.0. The van der Waals surface area contributed by atoms with E-state index in [1.165, 1.54) is 0 Å². The first-order valence-electron chi connectivity index (χ1n) is 11.6. The molecule has 0 rings (SSSR count). The number of carboxylic acid groups (broad SMARTS) is 2. The molecule has 5 atom stereocenters. The van der Waals surface area contributed by atoms with Gasteiger partial charge in [0, 0.05) is 39.0 Å². The van der Waals surface area contributed by atoms with Crippen LogP contribution in [0.15, 0.2) is 0 Å². The minimum absolute atomic E-state index is 0.191. The van der Waals surface area contributed by atoms with Crippen molar-refractivity contribution in [3.8, 4) is 0 Å². The third-order valence-electron chi connectivity index (χ3n) is 4.71. The summed E-state index contributed by atoms with van der Waals surface area (Å²) in [7, 11) is -4.85. The number of phosphoric acid groups is 1. The predicted octanol–water partition coefficient (Wildman–Crippen LogP) is -0.882. The molecule has 0 saturated carbocycles. The summed E-state index contributed by atoms with van der Waals surface area (Å²) in [4.78, 5) is 78.0. The van der Waals surface area contributed by atoms with Gasteiger partial charge in [-0.3, -0.25) is 37.8 Å². The molecule has 18 heteroatoms. The SMILES string of the molecule is CC(=O)OC[C@H](COP(=O)(O)OCC(COC(=O)[C@@H](N)CCC(=O)O)CC(=O)[C@@H](N)CCC(=O)O)OC(C)=O. The van der Waals surface area contributed by atoms with E-state index in [-0.39, 0.29) is 12.8 Å². The number of hydrogen-bond donors (Lipinski definition) is 5. The molecule has 0 heterocycles. The molecule has 0 aliphatic rings. The number of ketones is 1. The number of aliphatic carboxylic acids is 2. The fourth-order valence-electron chi connectivity index (χ4n) is 2.72. The van der Waals surface area contributed by atoms with Gasteiger partial charge < -0.3 is 40.8 Å². The highest BCUT2D eigenvalue weighted by Crippen LogP contribution is 2.44. The molecule has 0 bridgehead atoms. The second-order valence-corrected chi connectivity index (χ2v) is 9.79. The van der Waals surface area contributed by atoms with Crippen LogP contribution in [0.4, 0.5) is 0 Å². The van der Waals surface area contributed by atoms with E-state index >= 15 is 0 Å². The Bertz CT molecular complexity index is 912. The van der Waals surface area contributed by atoms with E-state index in [1.807, 2.05) is 0 Å². The van der Waals surface area contributed by atoms with Gasteiger partial charge in [0.25, 0.3) is 0 Å². The zero-order chi connectivity index (χ0) is 30.2. The van der Waals surface area contributed by atoms with Gasteiger partial charge in [-0.25, -0.2) is 4.57 Å². The smallest absolute Gasteiger partial charge is 0.472 e. The fraction of sp³-hybridized carbons (Fsp3) is 0.714. The lowest BCUT2D eigenvalue weighted by Gasteiger charge is -2.22. The van der Waals surface area contributed by atoms with Crippen LogP contribution in [-0.2, 0) is 56.6 Å². The van der Waals surface area contributed by atoms with Crippen LogP contribution in [0.5, 0.6) is 0 Å². The Morgan fingerprint density at radius 2 is 1.31 bits per heavy atom. The Morgan fingerprint density at radius 3 is 1.82 bits per heavy atom.